The van der Waals surface area contributed by atoms with Crippen LogP contribution in [0.4, 0.5) is 0 Å². The molecular weight excluding hydrogens is 386 g/mol. The molecule has 0 aromatic heterocycles. The molecule has 26 heavy (non-hydrogen) atoms. The number of methoxy groups -OCH3 is 2. The van der Waals surface area contributed by atoms with E-state index in [1.54, 1.807) is 0 Å². The Labute approximate surface area is 153 Å². The molecule has 0 spiro atoms. The van der Waals surface area contributed by atoms with Gasteiger partial charge >= 0.3 is 0 Å². The average molecular weight is 409 g/mol. The summed E-state index contributed by atoms with van der Waals surface area (Å²) in [5, 5.41) is 18.9. The molecule has 0 amide bonds. The van der Waals surface area contributed by atoms with Crippen LogP contribution in [0.1, 0.15) is 6.42 Å². The van der Waals surface area contributed by atoms with Gasteiger partial charge in [-0.15, -0.1) is 0 Å². The zero-order chi connectivity index (χ0) is 19.5. The van der Waals surface area contributed by atoms with Gasteiger partial charge in [0, 0.05) is 18.7 Å². The molecule has 9 nitrogen and oxygen atoms in total. The molecule has 0 saturated carbocycles. The number of benzene rings is 1. The van der Waals surface area contributed by atoms with Crippen molar-refractivity contribution in [1.29, 1.82) is 0 Å². The molecule has 1 aromatic carbocycles. The van der Waals surface area contributed by atoms with E-state index in [1.165, 1.54) is 32.4 Å². The van der Waals surface area contributed by atoms with Crippen molar-refractivity contribution in [3.63, 3.8) is 0 Å². The summed E-state index contributed by atoms with van der Waals surface area (Å²) in [6.07, 6.45) is -1.23. The van der Waals surface area contributed by atoms with Crippen LogP contribution >= 0.6 is 0 Å². The number of aliphatic hydroxyl groups is 2. The molecule has 0 unspecified atom stereocenters. The van der Waals surface area contributed by atoms with Gasteiger partial charge in [-0.2, -0.15) is 4.31 Å². The van der Waals surface area contributed by atoms with Gasteiger partial charge < -0.3 is 19.7 Å². The lowest BCUT2D eigenvalue weighted by molar-refractivity contribution is 0.0729. The van der Waals surface area contributed by atoms with E-state index < -0.39 is 45.2 Å². The van der Waals surface area contributed by atoms with Gasteiger partial charge in [0.25, 0.3) is 0 Å². The number of nitrogens with zero attached hydrogens (tertiary/aromatic N) is 1. The van der Waals surface area contributed by atoms with E-state index in [9.17, 15) is 21.9 Å². The molecular formula is C15H23NO8S2. The minimum absolute atomic E-state index is 0.0649. The van der Waals surface area contributed by atoms with Crippen LogP contribution in [0.5, 0.6) is 11.5 Å². The number of ether oxygens (including phenoxy) is 2. The first kappa shape index (κ1) is 20.9. The molecule has 0 radical (unpaired) electrons. The van der Waals surface area contributed by atoms with Crippen LogP contribution in [0.15, 0.2) is 23.1 Å². The van der Waals surface area contributed by atoms with Crippen LogP contribution in [-0.4, -0.2) is 82.4 Å². The van der Waals surface area contributed by atoms with Crippen LogP contribution in [0.25, 0.3) is 0 Å². The molecule has 148 valence electrons. The summed E-state index contributed by atoms with van der Waals surface area (Å²) < 4.78 is 61.2. The molecule has 2 atom stereocenters. The maximum absolute atomic E-state index is 13.2. The smallest absolute Gasteiger partial charge is 0.247 e. The number of sulfone groups is 1. The van der Waals surface area contributed by atoms with Crippen molar-refractivity contribution >= 4 is 19.9 Å². The van der Waals surface area contributed by atoms with Crippen molar-refractivity contribution in [2.24, 2.45) is 0 Å². The third kappa shape index (κ3) is 4.46. The van der Waals surface area contributed by atoms with Crippen LogP contribution in [0, 0.1) is 0 Å². The Morgan fingerprint density at radius 3 is 2.50 bits per heavy atom. The second-order valence-corrected chi connectivity index (χ2v) is 10.1. The lowest BCUT2D eigenvalue weighted by Crippen LogP contribution is -2.46. The second kappa shape index (κ2) is 8.09. The standard InChI is InChI=1S/C15H23NO8S2/c1-23-13-3-4-14(24-2)15(7-13)26(21,22)16(8-12(18)9-17)11-5-6-25(19,20)10-11/h3-4,7,11-12,17-18H,5-6,8-10H2,1-2H3/t11-,12+/m0/s1. The Kier molecular flexibility index (Phi) is 6.51. The summed E-state index contributed by atoms with van der Waals surface area (Å²) in [5.74, 6) is -0.119. The van der Waals surface area contributed by atoms with Crippen molar-refractivity contribution in [2.45, 2.75) is 23.5 Å². The Balaban J connectivity index is 2.52. The normalized spacial score (nSPS) is 20.9. The Morgan fingerprint density at radius 2 is 2.00 bits per heavy atom. The molecule has 1 fully saturated rings. The molecule has 0 aliphatic carbocycles. The van der Waals surface area contributed by atoms with E-state index in [0.717, 1.165) is 4.31 Å². The largest absolute Gasteiger partial charge is 0.497 e. The van der Waals surface area contributed by atoms with Crippen molar-refractivity contribution in [1.82, 2.24) is 4.31 Å². The lowest BCUT2D eigenvalue weighted by atomic mass is 10.2. The van der Waals surface area contributed by atoms with Gasteiger partial charge in [0.2, 0.25) is 10.0 Å². The van der Waals surface area contributed by atoms with E-state index >= 15 is 0 Å². The van der Waals surface area contributed by atoms with E-state index in [4.69, 9.17) is 14.6 Å². The molecule has 1 saturated heterocycles. The number of aliphatic hydroxyl groups excluding tert-OH is 2. The summed E-state index contributed by atoms with van der Waals surface area (Å²) in [6.45, 7) is -1.08. The highest BCUT2D eigenvalue weighted by Crippen LogP contribution is 2.33. The SMILES string of the molecule is COc1ccc(OC)c(S(=O)(=O)N(C[C@@H](O)CO)[C@H]2CCS(=O)(=O)C2)c1. The second-order valence-electron chi connectivity index (χ2n) is 5.98. The minimum Gasteiger partial charge on any atom is -0.497 e. The van der Waals surface area contributed by atoms with Gasteiger partial charge in [-0.05, 0) is 18.6 Å². The first-order valence-corrected chi connectivity index (χ1v) is 11.1. The number of hydrogen-bond acceptors (Lipinski definition) is 8. The molecule has 2 rings (SSSR count). The molecule has 2 N–H and O–H groups in total. The Morgan fingerprint density at radius 1 is 1.31 bits per heavy atom. The molecule has 0 bridgehead atoms. The summed E-state index contributed by atoms with van der Waals surface area (Å²) in [4.78, 5) is -0.200. The topological polar surface area (TPSA) is 130 Å². The Bertz CT molecular complexity index is 837. The summed E-state index contributed by atoms with van der Waals surface area (Å²) in [6, 6.07) is 3.40. The predicted molar refractivity (Wildman–Crippen MR) is 93.6 cm³/mol. The van der Waals surface area contributed by atoms with Crippen LogP contribution in [0.2, 0.25) is 0 Å². The fourth-order valence-electron chi connectivity index (χ4n) is 2.82. The van der Waals surface area contributed by atoms with E-state index in [2.05, 4.69) is 0 Å². The fourth-order valence-corrected chi connectivity index (χ4v) is 6.51. The maximum atomic E-state index is 13.2. The van der Waals surface area contributed by atoms with Gasteiger partial charge in [0.15, 0.2) is 9.84 Å². The molecule has 11 heteroatoms. The van der Waals surface area contributed by atoms with E-state index in [1.807, 2.05) is 0 Å². The molecule has 1 aliphatic heterocycles. The van der Waals surface area contributed by atoms with Gasteiger partial charge in [-0.25, -0.2) is 16.8 Å². The van der Waals surface area contributed by atoms with Crippen LogP contribution in [-0.2, 0) is 19.9 Å². The number of hydrogen-bond donors (Lipinski definition) is 2. The summed E-state index contributed by atoms with van der Waals surface area (Å²) >= 11 is 0. The van der Waals surface area contributed by atoms with Crippen molar-refractivity contribution in [2.75, 3.05) is 38.9 Å². The number of rotatable bonds is 8. The van der Waals surface area contributed by atoms with E-state index in [0.29, 0.717) is 0 Å². The first-order valence-electron chi connectivity index (χ1n) is 7.88. The maximum Gasteiger partial charge on any atom is 0.247 e. The highest BCUT2D eigenvalue weighted by Gasteiger charge is 2.40. The lowest BCUT2D eigenvalue weighted by Gasteiger charge is -2.29. The van der Waals surface area contributed by atoms with Gasteiger partial charge in [-0.1, -0.05) is 0 Å². The first-order chi connectivity index (χ1) is 12.1. The van der Waals surface area contributed by atoms with Gasteiger partial charge in [0.1, 0.15) is 16.4 Å². The highest BCUT2D eigenvalue weighted by atomic mass is 32.2. The predicted octanol–water partition coefficient (Wildman–Crippen LogP) is -0.765. The van der Waals surface area contributed by atoms with E-state index in [-0.39, 0.29) is 34.3 Å². The fraction of sp³-hybridized carbons (Fsp3) is 0.600. The Hall–Kier alpha value is -1.40. The highest BCUT2D eigenvalue weighted by molar-refractivity contribution is 7.92. The van der Waals surface area contributed by atoms with Crippen molar-refractivity contribution in [3.8, 4) is 11.5 Å². The summed E-state index contributed by atoms with van der Waals surface area (Å²) in [5.41, 5.74) is 0. The van der Waals surface area contributed by atoms with Crippen LogP contribution in [0.3, 0.4) is 0 Å². The minimum atomic E-state index is -4.22. The number of sulfonamides is 1. The summed E-state index contributed by atoms with van der Waals surface area (Å²) in [7, 11) is -4.89. The molecule has 1 heterocycles. The molecule has 1 aliphatic rings. The third-order valence-electron chi connectivity index (χ3n) is 4.17. The monoisotopic (exact) mass is 409 g/mol. The third-order valence-corrected chi connectivity index (χ3v) is 7.86. The zero-order valence-electron chi connectivity index (χ0n) is 14.5. The van der Waals surface area contributed by atoms with Crippen molar-refractivity contribution in [3.05, 3.63) is 18.2 Å². The van der Waals surface area contributed by atoms with Crippen molar-refractivity contribution < 1.29 is 36.5 Å². The van der Waals surface area contributed by atoms with Gasteiger partial charge in [-0.3, -0.25) is 0 Å². The molecule has 1 aromatic rings. The average Bonchev–Trinajstić information content (AvgIpc) is 2.97. The van der Waals surface area contributed by atoms with Crippen LogP contribution < -0.4 is 9.47 Å². The quantitative estimate of drug-likeness (QED) is 0.573. The zero-order valence-corrected chi connectivity index (χ0v) is 16.2. The van der Waals surface area contributed by atoms with Gasteiger partial charge in [0.05, 0.1) is 38.4 Å².